The second kappa shape index (κ2) is 10.2. The highest BCUT2D eigenvalue weighted by molar-refractivity contribution is 5.52. The molecule has 3 aromatic rings. The van der Waals surface area contributed by atoms with E-state index in [0.29, 0.717) is 49.9 Å². The van der Waals surface area contributed by atoms with Crippen molar-refractivity contribution in [2.45, 2.75) is 81.6 Å². The Morgan fingerprint density at radius 3 is 2.29 bits per heavy atom. The standard InChI is InChI=1S/C35H41F2N4O/c1-23(24-10-6-5-7-11-24)40-32-27-12-8-9-13-29(27)35(33(32)40)16-18-39(19-17-35)41(42)31-22-38(34(2,3)4)21-28(31)26-15-14-25(36)20-30(26)37/h5-15,20,23,28,31-33H,16-19,21-22H2,1-4H3/q-1/t23-,28-,31+,32+,33+,40?/m0/s1. The van der Waals surface area contributed by atoms with Crippen LogP contribution in [0.2, 0.25) is 0 Å². The van der Waals surface area contributed by atoms with Gasteiger partial charge in [-0.1, -0.05) is 60.7 Å². The SMILES string of the molecule is C[C@@H](c1ccccc1)N1[C@@H]2c3ccccc3C3(CCN(N([O-])[C@@H]4CN(C(C)(C)C)C[C@H]4c4ccc(F)cc4F)CC3)[C@@H]21. The van der Waals surface area contributed by atoms with Crippen molar-refractivity contribution < 1.29 is 8.78 Å². The normalized spacial score (nSPS) is 29.6. The van der Waals surface area contributed by atoms with Crippen molar-refractivity contribution in [3.63, 3.8) is 0 Å². The fourth-order valence-electron chi connectivity index (χ4n) is 8.45. The van der Waals surface area contributed by atoms with E-state index < -0.39 is 17.7 Å². The molecular formula is C35H41F2N4O-. The quantitative estimate of drug-likeness (QED) is 0.249. The van der Waals surface area contributed by atoms with Crippen LogP contribution in [0, 0.1) is 16.8 Å². The Bertz CT molecular complexity index is 1450. The first kappa shape index (κ1) is 28.1. The monoisotopic (exact) mass is 571 g/mol. The van der Waals surface area contributed by atoms with Gasteiger partial charge in [0.05, 0.1) is 6.04 Å². The number of piperidine rings is 1. The molecule has 0 saturated carbocycles. The van der Waals surface area contributed by atoms with E-state index >= 15 is 4.39 Å². The van der Waals surface area contributed by atoms with Gasteiger partial charge in [0.2, 0.25) is 0 Å². The van der Waals surface area contributed by atoms with Gasteiger partial charge in [-0.05, 0) is 68.9 Å². The molecule has 7 rings (SSSR count). The van der Waals surface area contributed by atoms with Gasteiger partial charge < -0.3 is 10.4 Å². The number of hydrazine groups is 1. The van der Waals surface area contributed by atoms with Crippen LogP contribution in [0.15, 0.2) is 72.8 Å². The Balaban J connectivity index is 1.13. The summed E-state index contributed by atoms with van der Waals surface area (Å²) in [5.74, 6) is -1.49. The third-order valence-electron chi connectivity index (χ3n) is 10.8. The van der Waals surface area contributed by atoms with Crippen molar-refractivity contribution >= 4 is 0 Å². The Hall–Kier alpha value is -2.68. The first-order valence-electron chi connectivity index (χ1n) is 15.4. The summed E-state index contributed by atoms with van der Waals surface area (Å²) in [4.78, 5) is 4.93. The van der Waals surface area contributed by atoms with Gasteiger partial charge in [0, 0.05) is 67.2 Å². The zero-order chi connectivity index (χ0) is 29.4. The maximum atomic E-state index is 15.0. The molecule has 3 fully saturated rings. The third-order valence-corrected chi connectivity index (χ3v) is 10.8. The molecule has 5 nitrogen and oxygen atoms in total. The zero-order valence-corrected chi connectivity index (χ0v) is 25.0. The molecule has 3 aromatic carbocycles. The van der Waals surface area contributed by atoms with Crippen molar-refractivity contribution in [3.8, 4) is 0 Å². The summed E-state index contributed by atoms with van der Waals surface area (Å²) in [5, 5.41) is 17.3. The van der Waals surface area contributed by atoms with Crippen molar-refractivity contribution in [2.75, 3.05) is 26.2 Å². The van der Waals surface area contributed by atoms with Crippen molar-refractivity contribution in [1.82, 2.24) is 20.0 Å². The molecule has 1 aliphatic carbocycles. The highest BCUT2D eigenvalue weighted by atomic mass is 19.1. The second-order valence-corrected chi connectivity index (χ2v) is 13.8. The molecule has 0 radical (unpaired) electrons. The minimum absolute atomic E-state index is 0.0250. The predicted octanol–water partition coefficient (Wildman–Crippen LogP) is 6.78. The average Bonchev–Trinajstić information content (AvgIpc) is 3.47. The smallest absolute Gasteiger partial charge is 0.129 e. The van der Waals surface area contributed by atoms with E-state index in [-0.39, 0.29) is 16.9 Å². The molecule has 0 bridgehead atoms. The largest absolute Gasteiger partial charge is 0.771 e. The molecule has 1 spiro atoms. The minimum Gasteiger partial charge on any atom is -0.771 e. The van der Waals surface area contributed by atoms with Crippen LogP contribution in [0.5, 0.6) is 0 Å². The summed E-state index contributed by atoms with van der Waals surface area (Å²) in [6.07, 6.45) is 1.82. The van der Waals surface area contributed by atoms with Gasteiger partial charge >= 0.3 is 0 Å². The number of benzene rings is 3. The Morgan fingerprint density at radius 1 is 0.905 bits per heavy atom. The lowest BCUT2D eigenvalue weighted by molar-refractivity contribution is -0.0500. The number of hydrogen-bond donors (Lipinski definition) is 0. The van der Waals surface area contributed by atoms with Crippen LogP contribution < -0.4 is 0 Å². The van der Waals surface area contributed by atoms with E-state index in [0.717, 1.165) is 24.1 Å². The topological polar surface area (TPSA) is 35.8 Å². The van der Waals surface area contributed by atoms with Gasteiger partial charge in [-0.3, -0.25) is 14.8 Å². The molecule has 0 aromatic heterocycles. The fraction of sp³-hybridized carbons (Fsp3) is 0.486. The molecule has 3 saturated heterocycles. The van der Waals surface area contributed by atoms with E-state index in [4.69, 9.17) is 0 Å². The van der Waals surface area contributed by atoms with Crippen LogP contribution in [0.3, 0.4) is 0 Å². The van der Waals surface area contributed by atoms with E-state index in [1.165, 1.54) is 28.8 Å². The molecule has 6 atom stereocenters. The van der Waals surface area contributed by atoms with E-state index in [1.807, 2.05) is 5.01 Å². The molecule has 3 aliphatic heterocycles. The molecule has 222 valence electrons. The van der Waals surface area contributed by atoms with Crippen LogP contribution >= 0.6 is 0 Å². The van der Waals surface area contributed by atoms with Crippen molar-refractivity contribution in [3.05, 3.63) is 112 Å². The average molecular weight is 572 g/mol. The Kier molecular flexibility index (Phi) is 6.83. The van der Waals surface area contributed by atoms with Gasteiger partial charge in [0.1, 0.15) is 11.6 Å². The minimum atomic E-state index is -0.593. The summed E-state index contributed by atoms with van der Waals surface area (Å²) in [7, 11) is 0. The number of hydroxylamine groups is 1. The summed E-state index contributed by atoms with van der Waals surface area (Å²) in [6, 6.07) is 24.2. The molecule has 3 heterocycles. The number of halogens is 2. The zero-order valence-electron chi connectivity index (χ0n) is 25.0. The van der Waals surface area contributed by atoms with Gasteiger partial charge in [-0.2, -0.15) is 0 Å². The van der Waals surface area contributed by atoms with Crippen LogP contribution in [-0.2, 0) is 5.41 Å². The molecule has 1 unspecified atom stereocenters. The predicted molar refractivity (Wildman–Crippen MR) is 162 cm³/mol. The first-order valence-corrected chi connectivity index (χ1v) is 15.4. The highest BCUT2D eigenvalue weighted by Gasteiger charge is 2.67. The number of rotatable bonds is 5. The van der Waals surface area contributed by atoms with E-state index in [1.54, 1.807) is 0 Å². The number of hydrogen-bond acceptors (Lipinski definition) is 5. The number of nitrogens with zero attached hydrogens (tertiary/aromatic N) is 4. The van der Waals surface area contributed by atoms with Crippen LogP contribution in [0.4, 0.5) is 8.78 Å². The summed E-state index contributed by atoms with van der Waals surface area (Å²) in [6.45, 7) is 11.1. The first-order chi connectivity index (χ1) is 20.1. The molecule has 42 heavy (non-hydrogen) atoms. The summed E-state index contributed by atoms with van der Waals surface area (Å²) in [5.41, 5.74) is 4.53. The third kappa shape index (κ3) is 4.44. The van der Waals surface area contributed by atoms with Gasteiger partial charge in [-0.15, -0.1) is 0 Å². The molecule has 0 amide bonds. The lowest BCUT2D eigenvalue weighted by atomic mass is 9.72. The number of likely N-dealkylation sites (tertiary alicyclic amines) is 1. The highest BCUT2D eigenvalue weighted by Crippen LogP contribution is 2.66. The number of fused-ring (bicyclic) bond motifs is 5. The fourth-order valence-corrected chi connectivity index (χ4v) is 8.45. The van der Waals surface area contributed by atoms with E-state index in [9.17, 15) is 9.60 Å². The summed E-state index contributed by atoms with van der Waals surface area (Å²) >= 11 is 0. The Labute approximate surface area is 248 Å². The van der Waals surface area contributed by atoms with Crippen LogP contribution in [-0.4, -0.2) is 63.8 Å². The maximum Gasteiger partial charge on any atom is 0.129 e. The van der Waals surface area contributed by atoms with Crippen molar-refractivity contribution in [1.29, 1.82) is 0 Å². The molecule has 7 heteroatoms. The van der Waals surface area contributed by atoms with Gasteiger partial charge in [0.15, 0.2) is 0 Å². The Morgan fingerprint density at radius 2 is 1.60 bits per heavy atom. The van der Waals surface area contributed by atoms with Gasteiger partial charge in [-0.25, -0.2) is 8.78 Å². The molecule has 0 N–H and O–H groups in total. The van der Waals surface area contributed by atoms with E-state index in [2.05, 4.69) is 92.1 Å². The lowest BCUT2D eigenvalue weighted by Crippen LogP contribution is -2.55. The summed E-state index contributed by atoms with van der Waals surface area (Å²) < 4.78 is 28.8. The second-order valence-electron chi connectivity index (χ2n) is 13.8. The van der Waals surface area contributed by atoms with Crippen molar-refractivity contribution in [2.24, 2.45) is 0 Å². The molecule has 4 aliphatic rings. The molecular weight excluding hydrogens is 530 g/mol. The lowest BCUT2D eigenvalue weighted by Gasteiger charge is -2.51. The maximum absolute atomic E-state index is 15.0. The van der Waals surface area contributed by atoms with Crippen LogP contribution in [0.25, 0.3) is 0 Å². The van der Waals surface area contributed by atoms with Crippen LogP contribution in [0.1, 0.15) is 80.8 Å². The van der Waals surface area contributed by atoms with Gasteiger partial charge in [0.25, 0.3) is 0 Å².